The quantitative estimate of drug-likeness (QED) is 0.571. The van der Waals surface area contributed by atoms with Crippen molar-refractivity contribution in [3.63, 3.8) is 0 Å². The van der Waals surface area contributed by atoms with Crippen molar-refractivity contribution in [2.75, 3.05) is 30.4 Å². The van der Waals surface area contributed by atoms with Gasteiger partial charge >= 0.3 is 0 Å². The van der Waals surface area contributed by atoms with Crippen molar-refractivity contribution in [1.29, 1.82) is 0 Å². The first-order valence-electron chi connectivity index (χ1n) is 3.79. The SMILES string of the molecule is Cc1[nH]nc2c1NCCN2C. The lowest BCUT2D eigenvalue weighted by atomic mass is 10.3. The standard InChI is InChI=1S/C7H12N4/c1-5-6-7(10-9-5)11(2)4-3-8-6/h8H,3-4H2,1-2H3,(H,9,10). The zero-order chi connectivity index (χ0) is 7.84. The van der Waals surface area contributed by atoms with Crippen LogP contribution in [0.2, 0.25) is 0 Å². The average Bonchev–Trinajstić information content (AvgIpc) is 2.35. The molecule has 2 N–H and O–H groups in total. The van der Waals surface area contributed by atoms with Gasteiger partial charge in [-0.15, -0.1) is 0 Å². The van der Waals surface area contributed by atoms with Crippen molar-refractivity contribution in [3.8, 4) is 0 Å². The van der Waals surface area contributed by atoms with Crippen LogP contribution < -0.4 is 10.2 Å². The number of fused-ring (bicyclic) bond motifs is 1. The highest BCUT2D eigenvalue weighted by molar-refractivity contribution is 5.69. The van der Waals surface area contributed by atoms with Crippen molar-refractivity contribution < 1.29 is 0 Å². The Hall–Kier alpha value is -1.19. The van der Waals surface area contributed by atoms with Crippen molar-refractivity contribution in [2.45, 2.75) is 6.92 Å². The molecule has 1 aromatic heterocycles. The predicted octanol–water partition coefficient (Wildman–Crippen LogP) is 0.580. The molecule has 0 aromatic carbocycles. The summed E-state index contributed by atoms with van der Waals surface area (Å²) in [7, 11) is 2.06. The molecule has 0 atom stereocenters. The summed E-state index contributed by atoms with van der Waals surface area (Å²) in [5.74, 6) is 1.04. The number of hydrogen-bond acceptors (Lipinski definition) is 3. The van der Waals surface area contributed by atoms with Crippen LogP contribution in [0.1, 0.15) is 5.69 Å². The summed E-state index contributed by atoms with van der Waals surface area (Å²) in [4.78, 5) is 2.15. The third-order valence-electron chi connectivity index (χ3n) is 2.04. The van der Waals surface area contributed by atoms with Crippen LogP contribution >= 0.6 is 0 Å². The van der Waals surface area contributed by atoms with E-state index < -0.39 is 0 Å². The number of aromatic amines is 1. The lowest BCUT2D eigenvalue weighted by Crippen LogP contribution is -2.30. The van der Waals surface area contributed by atoms with E-state index in [1.54, 1.807) is 0 Å². The zero-order valence-corrected chi connectivity index (χ0v) is 6.81. The minimum absolute atomic E-state index is 1.00. The molecule has 2 rings (SSSR count). The predicted molar refractivity (Wildman–Crippen MR) is 45.1 cm³/mol. The highest BCUT2D eigenvalue weighted by Crippen LogP contribution is 2.27. The summed E-state index contributed by atoms with van der Waals surface area (Å²) in [6.45, 7) is 4.05. The molecule has 0 unspecified atom stereocenters. The maximum atomic E-state index is 4.18. The number of aryl methyl sites for hydroxylation is 1. The Morgan fingerprint density at radius 1 is 1.55 bits per heavy atom. The van der Waals surface area contributed by atoms with Gasteiger partial charge < -0.3 is 10.2 Å². The first-order chi connectivity index (χ1) is 5.29. The number of aromatic nitrogens is 2. The van der Waals surface area contributed by atoms with Gasteiger partial charge in [0.1, 0.15) is 5.69 Å². The summed E-state index contributed by atoms with van der Waals surface area (Å²) >= 11 is 0. The smallest absolute Gasteiger partial charge is 0.173 e. The number of rotatable bonds is 0. The van der Waals surface area contributed by atoms with E-state index in [2.05, 4.69) is 27.5 Å². The molecule has 0 radical (unpaired) electrons. The van der Waals surface area contributed by atoms with Crippen LogP contribution in [0.25, 0.3) is 0 Å². The molecule has 1 aliphatic heterocycles. The summed E-state index contributed by atoms with van der Waals surface area (Å²) in [5.41, 5.74) is 2.27. The first kappa shape index (κ1) is 6.52. The summed E-state index contributed by atoms with van der Waals surface area (Å²) in [5, 5.41) is 10.4. The van der Waals surface area contributed by atoms with Crippen molar-refractivity contribution in [1.82, 2.24) is 10.2 Å². The summed E-state index contributed by atoms with van der Waals surface area (Å²) in [6.07, 6.45) is 0. The molecule has 2 heterocycles. The highest BCUT2D eigenvalue weighted by atomic mass is 15.3. The summed E-state index contributed by atoms with van der Waals surface area (Å²) < 4.78 is 0. The third kappa shape index (κ3) is 0.859. The lowest BCUT2D eigenvalue weighted by Gasteiger charge is -2.24. The largest absolute Gasteiger partial charge is 0.379 e. The molecule has 0 fully saturated rings. The van der Waals surface area contributed by atoms with E-state index in [9.17, 15) is 0 Å². The second-order valence-corrected chi connectivity index (χ2v) is 2.90. The van der Waals surface area contributed by atoms with Gasteiger partial charge in [0.05, 0.1) is 5.69 Å². The van der Waals surface area contributed by atoms with E-state index in [4.69, 9.17) is 0 Å². The molecule has 4 heteroatoms. The van der Waals surface area contributed by atoms with E-state index in [-0.39, 0.29) is 0 Å². The van der Waals surface area contributed by atoms with Gasteiger partial charge in [-0.3, -0.25) is 5.10 Å². The normalized spacial score (nSPS) is 16.0. The van der Waals surface area contributed by atoms with Crippen LogP contribution in [-0.2, 0) is 0 Å². The molecule has 0 bridgehead atoms. The molecule has 11 heavy (non-hydrogen) atoms. The van der Waals surface area contributed by atoms with Crippen molar-refractivity contribution in [3.05, 3.63) is 5.69 Å². The Morgan fingerprint density at radius 3 is 3.09 bits per heavy atom. The fraction of sp³-hybridized carbons (Fsp3) is 0.571. The van der Waals surface area contributed by atoms with Crippen molar-refractivity contribution >= 4 is 11.5 Å². The second kappa shape index (κ2) is 2.15. The van der Waals surface area contributed by atoms with Gasteiger partial charge in [0.15, 0.2) is 5.82 Å². The molecule has 0 saturated carbocycles. The monoisotopic (exact) mass is 152 g/mol. The maximum Gasteiger partial charge on any atom is 0.173 e. The molecule has 0 saturated heterocycles. The number of hydrogen-bond donors (Lipinski definition) is 2. The Labute approximate surface area is 65.6 Å². The molecule has 1 aliphatic rings. The lowest BCUT2D eigenvalue weighted by molar-refractivity contribution is 0.863. The molecule has 1 aromatic rings. The van der Waals surface area contributed by atoms with Crippen LogP contribution in [0.3, 0.4) is 0 Å². The van der Waals surface area contributed by atoms with E-state index >= 15 is 0 Å². The van der Waals surface area contributed by atoms with Crippen LogP contribution in [0, 0.1) is 6.92 Å². The molecular weight excluding hydrogens is 140 g/mol. The van der Waals surface area contributed by atoms with E-state index in [0.717, 1.165) is 30.3 Å². The van der Waals surface area contributed by atoms with Gasteiger partial charge in [0.2, 0.25) is 0 Å². The Balaban J connectivity index is 2.46. The maximum absolute atomic E-state index is 4.18. The Kier molecular flexibility index (Phi) is 1.27. The molecule has 0 amide bonds. The highest BCUT2D eigenvalue weighted by Gasteiger charge is 2.17. The third-order valence-corrected chi connectivity index (χ3v) is 2.04. The first-order valence-corrected chi connectivity index (χ1v) is 3.79. The molecule has 60 valence electrons. The van der Waals surface area contributed by atoms with Crippen LogP contribution in [0.4, 0.5) is 11.5 Å². The van der Waals surface area contributed by atoms with Crippen LogP contribution in [0.5, 0.6) is 0 Å². The van der Waals surface area contributed by atoms with Crippen LogP contribution in [-0.4, -0.2) is 30.3 Å². The minimum atomic E-state index is 1.00. The molecular formula is C7H12N4. The average molecular weight is 152 g/mol. The number of H-pyrrole nitrogens is 1. The Morgan fingerprint density at radius 2 is 2.36 bits per heavy atom. The van der Waals surface area contributed by atoms with Gasteiger partial charge in [0.25, 0.3) is 0 Å². The summed E-state index contributed by atoms with van der Waals surface area (Å²) in [6, 6.07) is 0. The Bertz CT molecular complexity index is 265. The molecule has 0 aliphatic carbocycles. The van der Waals surface area contributed by atoms with E-state index in [1.807, 2.05) is 6.92 Å². The van der Waals surface area contributed by atoms with E-state index in [1.165, 1.54) is 0 Å². The number of nitrogens with one attached hydrogen (secondary N) is 2. The van der Waals surface area contributed by atoms with Crippen molar-refractivity contribution in [2.24, 2.45) is 0 Å². The number of nitrogens with zero attached hydrogens (tertiary/aromatic N) is 2. The van der Waals surface area contributed by atoms with Gasteiger partial charge in [-0.2, -0.15) is 5.10 Å². The zero-order valence-electron chi connectivity index (χ0n) is 6.81. The number of likely N-dealkylation sites (N-methyl/N-ethyl adjacent to an activating group) is 1. The van der Waals surface area contributed by atoms with Crippen LogP contribution in [0.15, 0.2) is 0 Å². The fourth-order valence-corrected chi connectivity index (χ4v) is 1.36. The molecule has 4 nitrogen and oxygen atoms in total. The van der Waals surface area contributed by atoms with E-state index in [0.29, 0.717) is 0 Å². The van der Waals surface area contributed by atoms with Gasteiger partial charge in [0, 0.05) is 20.1 Å². The van der Waals surface area contributed by atoms with Gasteiger partial charge in [-0.25, -0.2) is 0 Å². The minimum Gasteiger partial charge on any atom is -0.379 e. The molecule has 0 spiro atoms. The fourth-order valence-electron chi connectivity index (χ4n) is 1.36. The topological polar surface area (TPSA) is 44.0 Å². The number of anilines is 2. The van der Waals surface area contributed by atoms with Gasteiger partial charge in [-0.1, -0.05) is 0 Å². The van der Waals surface area contributed by atoms with Gasteiger partial charge in [-0.05, 0) is 6.92 Å². The second-order valence-electron chi connectivity index (χ2n) is 2.90.